The minimum absolute atomic E-state index is 0. The number of nitrogens with two attached hydrogens (primary N) is 1. The molecule has 0 radical (unpaired) electrons. The smallest absolute Gasteiger partial charge is 0.237 e. The van der Waals surface area contributed by atoms with Crippen LogP contribution in [0.25, 0.3) is 0 Å². The largest absolute Gasteiger partial charge is 0.381 e. The zero-order chi connectivity index (χ0) is 15.4. The lowest BCUT2D eigenvalue weighted by molar-refractivity contribution is -0.124. The monoisotopic (exact) mass is 347 g/mol. The lowest BCUT2D eigenvalue weighted by Crippen LogP contribution is -2.46. The number of nitrogens with one attached hydrogen (secondary N) is 1. The molecule has 1 aliphatic rings. The molecule has 1 amide bonds. The number of carbonyl (C=O) groups excluding carboxylic acids is 1. The third-order valence-corrected chi connectivity index (χ3v) is 4.90. The number of aryl methyl sites for hydroxylation is 1. The van der Waals surface area contributed by atoms with E-state index in [0.29, 0.717) is 25.7 Å². The van der Waals surface area contributed by atoms with Gasteiger partial charge in [-0.3, -0.25) is 4.79 Å². The molecule has 1 unspecified atom stereocenters. The summed E-state index contributed by atoms with van der Waals surface area (Å²) in [6.07, 6.45) is 1.73. The van der Waals surface area contributed by atoms with E-state index in [1.807, 2.05) is 0 Å². The minimum Gasteiger partial charge on any atom is -0.381 e. The number of hydrogen-bond acceptors (Lipinski definition) is 5. The first-order valence-electron chi connectivity index (χ1n) is 7.56. The fraction of sp³-hybridized carbons (Fsp3) is 0.733. The highest BCUT2D eigenvalue weighted by Gasteiger charge is 2.26. The fourth-order valence-corrected chi connectivity index (χ4v) is 3.67. The molecule has 126 valence electrons. The molecule has 0 aromatic carbocycles. The maximum Gasteiger partial charge on any atom is 0.237 e. The molecule has 1 fully saturated rings. The van der Waals surface area contributed by atoms with E-state index in [4.69, 9.17) is 10.5 Å². The molecule has 3 N–H and O–H groups in total. The van der Waals surface area contributed by atoms with Crippen molar-refractivity contribution in [3.63, 3.8) is 0 Å². The summed E-state index contributed by atoms with van der Waals surface area (Å²) in [7, 11) is 0. The van der Waals surface area contributed by atoms with E-state index in [9.17, 15) is 4.79 Å². The average molecular weight is 348 g/mol. The van der Waals surface area contributed by atoms with Crippen molar-refractivity contribution in [2.45, 2.75) is 52.1 Å². The van der Waals surface area contributed by atoms with Crippen molar-refractivity contribution in [2.24, 2.45) is 11.7 Å². The summed E-state index contributed by atoms with van der Waals surface area (Å²) in [5.74, 6) is 0.555. The molecule has 1 aromatic rings. The maximum absolute atomic E-state index is 12.1. The number of ether oxygens (including phenoxy) is 1. The molecule has 2 heterocycles. The Balaban J connectivity index is 0.00000242. The highest BCUT2D eigenvalue weighted by atomic mass is 35.5. The number of hydrogen-bond donors (Lipinski definition) is 2. The van der Waals surface area contributed by atoms with Gasteiger partial charge in [-0.2, -0.15) is 0 Å². The Labute approximate surface area is 142 Å². The van der Waals surface area contributed by atoms with Crippen LogP contribution >= 0.6 is 23.7 Å². The van der Waals surface area contributed by atoms with Crippen molar-refractivity contribution in [3.8, 4) is 0 Å². The zero-order valence-electron chi connectivity index (χ0n) is 13.4. The van der Waals surface area contributed by atoms with Crippen molar-refractivity contribution >= 4 is 29.7 Å². The third-order valence-electron chi connectivity index (χ3n) is 3.91. The predicted octanol–water partition coefficient (Wildman–Crippen LogP) is 2.37. The van der Waals surface area contributed by atoms with Gasteiger partial charge in [0.15, 0.2) is 0 Å². The first kappa shape index (κ1) is 19.4. The second-order valence-corrected chi connectivity index (χ2v) is 7.18. The van der Waals surface area contributed by atoms with Crippen molar-refractivity contribution < 1.29 is 9.53 Å². The van der Waals surface area contributed by atoms with Crippen LogP contribution in [0.5, 0.6) is 0 Å². The molecular formula is C15H26ClN3O2S. The van der Waals surface area contributed by atoms with E-state index in [1.165, 1.54) is 4.88 Å². The van der Waals surface area contributed by atoms with Gasteiger partial charge < -0.3 is 15.8 Å². The van der Waals surface area contributed by atoms with Crippen molar-refractivity contribution in [1.29, 1.82) is 0 Å². The molecular weight excluding hydrogens is 322 g/mol. The van der Waals surface area contributed by atoms with Crippen LogP contribution in [0, 0.1) is 12.8 Å². The Bertz CT molecular complexity index is 487. The van der Waals surface area contributed by atoms with Crippen LogP contribution in [0.1, 0.15) is 48.2 Å². The molecule has 5 nitrogen and oxygen atoms in total. The van der Waals surface area contributed by atoms with E-state index in [-0.39, 0.29) is 24.2 Å². The van der Waals surface area contributed by atoms with Gasteiger partial charge in [0.05, 0.1) is 18.3 Å². The molecule has 0 bridgehead atoms. The van der Waals surface area contributed by atoms with E-state index >= 15 is 0 Å². The van der Waals surface area contributed by atoms with Gasteiger partial charge in [0, 0.05) is 18.1 Å². The topological polar surface area (TPSA) is 77.2 Å². The van der Waals surface area contributed by atoms with Gasteiger partial charge in [-0.25, -0.2) is 4.98 Å². The molecule has 1 saturated heterocycles. The molecule has 1 atom stereocenters. The molecule has 7 heteroatoms. The minimum atomic E-state index is -0.445. The van der Waals surface area contributed by atoms with Gasteiger partial charge >= 0.3 is 0 Å². The van der Waals surface area contributed by atoms with E-state index in [2.05, 4.69) is 31.1 Å². The van der Waals surface area contributed by atoms with Crippen LogP contribution in [0.4, 0.5) is 0 Å². The summed E-state index contributed by atoms with van der Waals surface area (Å²) in [6, 6.07) is -0.445. The Morgan fingerprint density at radius 2 is 2.09 bits per heavy atom. The SMILES string of the molecule is Cc1sc(CNC(=O)C(N)C2CCOCC2)nc1C(C)C.Cl. The van der Waals surface area contributed by atoms with Gasteiger partial charge in [0.1, 0.15) is 5.01 Å². The van der Waals surface area contributed by atoms with Crippen LogP contribution in [0.2, 0.25) is 0 Å². The Hall–Kier alpha value is -0.690. The van der Waals surface area contributed by atoms with Crippen LogP contribution in [-0.4, -0.2) is 30.1 Å². The highest BCUT2D eigenvalue weighted by molar-refractivity contribution is 7.11. The Morgan fingerprint density at radius 1 is 1.45 bits per heavy atom. The summed E-state index contributed by atoms with van der Waals surface area (Å²) in [6.45, 7) is 8.21. The number of amides is 1. The summed E-state index contributed by atoms with van der Waals surface area (Å²) in [5, 5.41) is 3.87. The normalized spacial score (nSPS) is 17.1. The molecule has 2 rings (SSSR count). The standard InChI is InChI=1S/C15H25N3O2S.ClH/c1-9(2)14-10(3)21-12(18-14)8-17-15(19)13(16)11-4-6-20-7-5-11;/h9,11,13H,4-8,16H2,1-3H3,(H,17,19);1H. The molecule has 0 aliphatic carbocycles. The van der Waals surface area contributed by atoms with E-state index in [1.54, 1.807) is 11.3 Å². The maximum atomic E-state index is 12.1. The van der Waals surface area contributed by atoms with Crippen molar-refractivity contribution in [3.05, 3.63) is 15.6 Å². The predicted molar refractivity (Wildman–Crippen MR) is 91.6 cm³/mol. The summed E-state index contributed by atoms with van der Waals surface area (Å²) >= 11 is 1.65. The van der Waals surface area contributed by atoms with Gasteiger partial charge in [-0.05, 0) is 31.6 Å². The van der Waals surface area contributed by atoms with Crippen LogP contribution < -0.4 is 11.1 Å². The van der Waals surface area contributed by atoms with Gasteiger partial charge in [-0.1, -0.05) is 13.8 Å². The van der Waals surface area contributed by atoms with Gasteiger partial charge in [0.25, 0.3) is 0 Å². The number of thiazole rings is 1. The third kappa shape index (κ3) is 4.91. The zero-order valence-corrected chi connectivity index (χ0v) is 15.1. The molecule has 1 aliphatic heterocycles. The van der Waals surface area contributed by atoms with Gasteiger partial charge in [0.2, 0.25) is 5.91 Å². The second-order valence-electron chi connectivity index (χ2n) is 5.90. The number of nitrogens with zero attached hydrogens (tertiary/aromatic N) is 1. The summed E-state index contributed by atoms with van der Waals surface area (Å²) < 4.78 is 5.30. The number of aromatic nitrogens is 1. The quantitative estimate of drug-likeness (QED) is 0.857. The van der Waals surface area contributed by atoms with Crippen molar-refractivity contribution in [1.82, 2.24) is 10.3 Å². The number of rotatable bonds is 5. The summed E-state index contributed by atoms with van der Waals surface area (Å²) in [5.41, 5.74) is 7.18. The summed E-state index contributed by atoms with van der Waals surface area (Å²) in [4.78, 5) is 18.0. The fourth-order valence-electron chi connectivity index (χ4n) is 2.65. The number of carbonyl (C=O) groups is 1. The lowest BCUT2D eigenvalue weighted by atomic mass is 9.92. The van der Waals surface area contributed by atoms with E-state index in [0.717, 1.165) is 23.5 Å². The molecule has 0 saturated carbocycles. The number of halogens is 1. The van der Waals surface area contributed by atoms with Gasteiger partial charge in [-0.15, -0.1) is 23.7 Å². The van der Waals surface area contributed by atoms with Crippen LogP contribution in [-0.2, 0) is 16.1 Å². The van der Waals surface area contributed by atoms with E-state index < -0.39 is 6.04 Å². The first-order valence-corrected chi connectivity index (χ1v) is 8.38. The lowest BCUT2D eigenvalue weighted by Gasteiger charge is -2.26. The Kier molecular flexibility index (Phi) is 7.76. The first-order chi connectivity index (χ1) is 9.99. The second kappa shape index (κ2) is 8.82. The van der Waals surface area contributed by atoms with Crippen molar-refractivity contribution in [2.75, 3.05) is 13.2 Å². The average Bonchev–Trinajstić information content (AvgIpc) is 2.86. The Morgan fingerprint density at radius 3 is 2.64 bits per heavy atom. The molecule has 1 aromatic heterocycles. The molecule has 22 heavy (non-hydrogen) atoms. The van der Waals surface area contributed by atoms with Crippen LogP contribution in [0.3, 0.4) is 0 Å². The molecule has 0 spiro atoms. The highest BCUT2D eigenvalue weighted by Crippen LogP contribution is 2.24. The van der Waals surface area contributed by atoms with Crippen LogP contribution in [0.15, 0.2) is 0 Å².